The van der Waals surface area contributed by atoms with Crippen molar-refractivity contribution in [3.63, 3.8) is 0 Å². The van der Waals surface area contributed by atoms with Gasteiger partial charge in [-0.05, 0) is 5.56 Å². The molecular formula is C9H7F3N2S. The Morgan fingerprint density at radius 1 is 1.27 bits per heavy atom. The van der Waals surface area contributed by atoms with Crippen LogP contribution >= 0.6 is 12.6 Å². The van der Waals surface area contributed by atoms with E-state index < -0.39 is 11.8 Å². The zero-order valence-electron chi connectivity index (χ0n) is 7.49. The summed E-state index contributed by atoms with van der Waals surface area (Å²) in [6.07, 6.45) is -4.46. The minimum Gasteiger partial charge on any atom is -0.175 e. The van der Waals surface area contributed by atoms with Crippen LogP contribution in [0.3, 0.4) is 0 Å². The summed E-state index contributed by atoms with van der Waals surface area (Å²) < 4.78 is 37.8. The predicted molar refractivity (Wildman–Crippen MR) is 51.7 cm³/mol. The van der Waals surface area contributed by atoms with Crippen molar-refractivity contribution in [3.05, 3.63) is 35.4 Å². The van der Waals surface area contributed by atoms with Gasteiger partial charge in [0, 0.05) is 11.3 Å². The summed E-state index contributed by atoms with van der Waals surface area (Å²) in [6.45, 7) is 0. The third kappa shape index (κ3) is 1.62. The summed E-state index contributed by atoms with van der Waals surface area (Å²) in [5.41, 5.74) is -1.54. The summed E-state index contributed by atoms with van der Waals surface area (Å²) in [4.78, 5) is 0. The Bertz CT molecular complexity index is 408. The molecular weight excluding hydrogens is 225 g/mol. The van der Waals surface area contributed by atoms with Gasteiger partial charge in [-0.15, -0.1) is 10.2 Å². The summed E-state index contributed by atoms with van der Waals surface area (Å²) in [7, 11) is 0. The highest BCUT2D eigenvalue weighted by molar-refractivity contribution is 7.79. The summed E-state index contributed by atoms with van der Waals surface area (Å²) in [6, 6.07) is 6.07. The molecule has 0 saturated heterocycles. The maximum atomic E-state index is 12.6. The minimum absolute atomic E-state index is 0.0570. The summed E-state index contributed by atoms with van der Waals surface area (Å²) in [5.74, 6) is 0.391. The predicted octanol–water partition coefficient (Wildman–Crippen LogP) is 3.30. The Balaban J connectivity index is 2.38. The highest BCUT2D eigenvalue weighted by Crippen LogP contribution is 2.52. The van der Waals surface area contributed by atoms with Gasteiger partial charge >= 0.3 is 11.8 Å². The number of hydrogen-bond donors (Lipinski definition) is 1. The highest BCUT2D eigenvalue weighted by atomic mass is 32.1. The molecule has 0 fully saturated rings. The van der Waals surface area contributed by atoms with Gasteiger partial charge in [0.15, 0.2) is 0 Å². The van der Waals surface area contributed by atoms with E-state index in [1.807, 2.05) is 0 Å². The molecule has 80 valence electrons. The van der Waals surface area contributed by atoms with Gasteiger partial charge in [0.1, 0.15) is 0 Å². The van der Waals surface area contributed by atoms with Crippen LogP contribution in [-0.4, -0.2) is 6.18 Å². The van der Waals surface area contributed by atoms with E-state index in [1.54, 1.807) is 12.1 Å². The number of alkyl halides is 3. The second kappa shape index (κ2) is 3.23. The normalized spacial score (nSPS) is 17.9. The lowest BCUT2D eigenvalue weighted by Gasteiger charge is -2.15. The second-order valence-electron chi connectivity index (χ2n) is 3.23. The van der Waals surface area contributed by atoms with Crippen molar-refractivity contribution in [2.24, 2.45) is 10.2 Å². The monoisotopic (exact) mass is 232 g/mol. The van der Waals surface area contributed by atoms with Crippen molar-refractivity contribution in [2.45, 2.75) is 17.6 Å². The smallest absolute Gasteiger partial charge is 0.175 e. The third-order valence-electron chi connectivity index (χ3n) is 2.21. The molecule has 1 aromatic rings. The first-order valence-corrected chi connectivity index (χ1v) is 4.84. The Kier molecular flexibility index (Phi) is 2.26. The molecule has 0 aromatic heterocycles. The average molecular weight is 232 g/mol. The Morgan fingerprint density at radius 3 is 2.40 bits per heavy atom. The first kappa shape index (κ1) is 10.5. The first-order valence-electron chi connectivity index (χ1n) is 4.21. The molecule has 1 aliphatic rings. The van der Waals surface area contributed by atoms with Gasteiger partial charge in [-0.1, -0.05) is 24.3 Å². The number of nitrogens with zero attached hydrogens (tertiary/aromatic N) is 2. The number of halogens is 3. The molecule has 0 atom stereocenters. The Hall–Kier alpha value is -1.04. The SMILES string of the molecule is FC(F)(F)C1(c2cccc(CS)c2)N=N1. The van der Waals surface area contributed by atoms with Crippen LogP contribution in [-0.2, 0) is 11.4 Å². The molecule has 6 heteroatoms. The van der Waals surface area contributed by atoms with Crippen LogP contribution in [0.2, 0.25) is 0 Å². The van der Waals surface area contributed by atoms with Crippen LogP contribution < -0.4 is 0 Å². The van der Waals surface area contributed by atoms with E-state index in [1.165, 1.54) is 12.1 Å². The van der Waals surface area contributed by atoms with Crippen LogP contribution in [0.1, 0.15) is 11.1 Å². The molecule has 0 unspecified atom stereocenters. The zero-order valence-corrected chi connectivity index (χ0v) is 8.39. The Labute approximate surface area is 89.6 Å². The van der Waals surface area contributed by atoms with Gasteiger partial charge in [-0.2, -0.15) is 25.8 Å². The van der Waals surface area contributed by atoms with E-state index in [-0.39, 0.29) is 5.56 Å². The number of thiol groups is 1. The molecule has 0 spiro atoms. The average Bonchev–Trinajstić information content (AvgIpc) is 2.97. The molecule has 0 saturated carbocycles. The molecule has 15 heavy (non-hydrogen) atoms. The van der Waals surface area contributed by atoms with Crippen molar-refractivity contribution in [1.29, 1.82) is 0 Å². The van der Waals surface area contributed by atoms with Gasteiger partial charge in [0.2, 0.25) is 0 Å². The zero-order chi connectivity index (χ0) is 11.1. The molecule has 0 radical (unpaired) electrons. The lowest BCUT2D eigenvalue weighted by molar-refractivity contribution is -0.166. The number of benzene rings is 1. The van der Waals surface area contributed by atoms with Crippen LogP contribution in [0, 0.1) is 0 Å². The van der Waals surface area contributed by atoms with Gasteiger partial charge in [-0.3, -0.25) is 0 Å². The van der Waals surface area contributed by atoms with Crippen molar-refractivity contribution >= 4 is 12.6 Å². The van der Waals surface area contributed by atoms with E-state index >= 15 is 0 Å². The van der Waals surface area contributed by atoms with E-state index in [0.717, 1.165) is 5.56 Å². The fourth-order valence-electron chi connectivity index (χ4n) is 1.33. The highest BCUT2D eigenvalue weighted by Gasteiger charge is 2.65. The number of hydrogen-bond acceptors (Lipinski definition) is 3. The molecule has 2 nitrogen and oxygen atoms in total. The summed E-state index contributed by atoms with van der Waals surface area (Å²) in [5, 5.41) is 6.25. The van der Waals surface area contributed by atoms with Crippen LogP contribution in [0.4, 0.5) is 13.2 Å². The van der Waals surface area contributed by atoms with E-state index in [2.05, 4.69) is 22.9 Å². The van der Waals surface area contributed by atoms with Gasteiger partial charge in [0.25, 0.3) is 0 Å². The number of rotatable bonds is 2. The second-order valence-corrected chi connectivity index (χ2v) is 3.54. The largest absolute Gasteiger partial charge is 0.442 e. The quantitative estimate of drug-likeness (QED) is 0.757. The van der Waals surface area contributed by atoms with Crippen molar-refractivity contribution in [2.75, 3.05) is 0 Å². The molecule has 0 bridgehead atoms. The maximum Gasteiger partial charge on any atom is 0.442 e. The van der Waals surface area contributed by atoms with Crippen LogP contribution in [0.15, 0.2) is 34.5 Å². The van der Waals surface area contributed by atoms with Crippen LogP contribution in [0.25, 0.3) is 0 Å². The van der Waals surface area contributed by atoms with Crippen LogP contribution in [0.5, 0.6) is 0 Å². The standard InChI is InChI=1S/C9H7F3N2S/c10-9(11,12)8(13-14-8)7-3-1-2-6(4-7)5-15/h1-4,15H,5H2. The molecule has 0 N–H and O–H groups in total. The molecule has 0 aliphatic carbocycles. The van der Waals surface area contributed by atoms with Crippen molar-refractivity contribution in [3.8, 4) is 0 Å². The lowest BCUT2D eigenvalue weighted by Crippen LogP contribution is -2.30. The topological polar surface area (TPSA) is 24.7 Å². The molecule has 1 aliphatic heterocycles. The van der Waals surface area contributed by atoms with E-state index in [0.29, 0.717) is 5.75 Å². The fourth-order valence-corrected chi connectivity index (χ4v) is 1.53. The van der Waals surface area contributed by atoms with Gasteiger partial charge in [0.05, 0.1) is 0 Å². The van der Waals surface area contributed by atoms with Gasteiger partial charge < -0.3 is 0 Å². The maximum absolute atomic E-state index is 12.6. The Morgan fingerprint density at radius 2 is 1.93 bits per heavy atom. The fraction of sp³-hybridized carbons (Fsp3) is 0.333. The molecule has 1 heterocycles. The third-order valence-corrected chi connectivity index (χ3v) is 2.57. The van der Waals surface area contributed by atoms with Crippen molar-refractivity contribution < 1.29 is 13.2 Å². The van der Waals surface area contributed by atoms with Crippen molar-refractivity contribution in [1.82, 2.24) is 0 Å². The molecule has 2 rings (SSSR count). The van der Waals surface area contributed by atoms with E-state index in [4.69, 9.17) is 0 Å². The first-order chi connectivity index (χ1) is 6.99. The van der Waals surface area contributed by atoms with E-state index in [9.17, 15) is 13.2 Å². The molecule has 0 amide bonds. The minimum atomic E-state index is -4.46. The van der Waals surface area contributed by atoms with Gasteiger partial charge in [-0.25, -0.2) is 0 Å². The molecule has 1 aromatic carbocycles. The lowest BCUT2D eigenvalue weighted by atomic mass is 10.0. The summed E-state index contributed by atoms with van der Waals surface area (Å²) >= 11 is 4.00.